The van der Waals surface area contributed by atoms with Crippen molar-refractivity contribution in [2.45, 2.75) is 43.2 Å². The Labute approximate surface area is 148 Å². The number of nitrogens with one attached hydrogen (secondary N) is 2. The van der Waals surface area contributed by atoms with Gasteiger partial charge >= 0.3 is 0 Å². The van der Waals surface area contributed by atoms with Gasteiger partial charge in [-0.3, -0.25) is 4.79 Å². The number of hydrogen-bond acceptors (Lipinski definition) is 3. The fourth-order valence-electron chi connectivity index (χ4n) is 3.00. The number of carbonyl (C=O) groups is 1. The van der Waals surface area contributed by atoms with Gasteiger partial charge in [0.2, 0.25) is 10.0 Å². The van der Waals surface area contributed by atoms with E-state index in [-0.39, 0.29) is 23.4 Å². The van der Waals surface area contributed by atoms with Gasteiger partial charge in [0.05, 0.1) is 4.90 Å². The van der Waals surface area contributed by atoms with Gasteiger partial charge in [0.25, 0.3) is 5.91 Å². The molecule has 1 aliphatic carbocycles. The number of rotatable bonds is 6. The molecule has 5 nitrogen and oxygen atoms in total. The first-order valence-electron chi connectivity index (χ1n) is 8.49. The number of carbonyl (C=O) groups excluding carboxylic acids is 1. The van der Waals surface area contributed by atoms with Crippen LogP contribution in [0.1, 0.15) is 41.6 Å². The summed E-state index contributed by atoms with van der Waals surface area (Å²) < 4.78 is 27.5. The van der Waals surface area contributed by atoms with Crippen molar-refractivity contribution in [3.8, 4) is 0 Å². The second-order valence-corrected chi connectivity index (χ2v) is 8.06. The van der Waals surface area contributed by atoms with E-state index in [2.05, 4.69) is 10.0 Å². The number of sulfonamides is 1. The monoisotopic (exact) mass is 358 g/mol. The molecule has 0 bridgehead atoms. The molecule has 2 aromatic carbocycles. The Morgan fingerprint density at radius 2 is 1.72 bits per heavy atom. The van der Waals surface area contributed by atoms with E-state index in [0.717, 1.165) is 31.2 Å². The van der Waals surface area contributed by atoms with Gasteiger partial charge < -0.3 is 5.32 Å². The molecular formula is C19H22N2O3S. The number of hydrogen-bond donors (Lipinski definition) is 2. The smallest absolute Gasteiger partial charge is 0.251 e. The molecule has 0 aromatic heterocycles. The van der Waals surface area contributed by atoms with Crippen LogP contribution >= 0.6 is 0 Å². The third-order valence-corrected chi connectivity index (χ3v) is 5.80. The van der Waals surface area contributed by atoms with Gasteiger partial charge in [-0.05, 0) is 36.6 Å². The third-order valence-electron chi connectivity index (χ3n) is 4.41. The van der Waals surface area contributed by atoms with E-state index >= 15 is 0 Å². The highest BCUT2D eigenvalue weighted by molar-refractivity contribution is 7.89. The SMILES string of the molecule is O=C(NC1CCCC1)c1cccc(S(=O)(=O)NCc2ccccc2)c1. The van der Waals surface area contributed by atoms with Crippen molar-refractivity contribution in [1.82, 2.24) is 10.0 Å². The van der Waals surface area contributed by atoms with Crippen molar-refractivity contribution >= 4 is 15.9 Å². The number of amides is 1. The molecule has 1 saturated carbocycles. The lowest BCUT2D eigenvalue weighted by Gasteiger charge is -2.13. The molecule has 1 aliphatic rings. The van der Waals surface area contributed by atoms with Gasteiger partial charge in [-0.2, -0.15) is 0 Å². The first kappa shape index (κ1) is 17.6. The normalized spacial score (nSPS) is 15.2. The Morgan fingerprint density at radius 1 is 1.00 bits per heavy atom. The van der Waals surface area contributed by atoms with Crippen molar-refractivity contribution in [1.29, 1.82) is 0 Å². The first-order chi connectivity index (χ1) is 12.0. The molecule has 1 amide bonds. The maximum absolute atomic E-state index is 12.5. The summed E-state index contributed by atoms with van der Waals surface area (Å²) in [5.41, 5.74) is 1.25. The van der Waals surface area contributed by atoms with E-state index in [1.165, 1.54) is 12.1 Å². The quantitative estimate of drug-likeness (QED) is 0.834. The molecule has 0 aliphatic heterocycles. The zero-order valence-electron chi connectivity index (χ0n) is 13.9. The van der Waals surface area contributed by atoms with E-state index in [0.29, 0.717) is 5.56 Å². The minimum Gasteiger partial charge on any atom is -0.349 e. The molecule has 132 valence electrons. The zero-order valence-corrected chi connectivity index (χ0v) is 14.8. The average molecular weight is 358 g/mol. The maximum atomic E-state index is 12.5. The van der Waals surface area contributed by atoms with Gasteiger partial charge in [-0.1, -0.05) is 49.2 Å². The largest absolute Gasteiger partial charge is 0.349 e. The van der Waals surface area contributed by atoms with Gasteiger partial charge in [-0.25, -0.2) is 13.1 Å². The van der Waals surface area contributed by atoms with Crippen LogP contribution in [0.3, 0.4) is 0 Å². The predicted molar refractivity (Wildman–Crippen MR) is 96.6 cm³/mol. The summed E-state index contributed by atoms with van der Waals surface area (Å²) in [6, 6.07) is 15.7. The average Bonchev–Trinajstić information content (AvgIpc) is 3.14. The van der Waals surface area contributed by atoms with Crippen LogP contribution in [0.2, 0.25) is 0 Å². The van der Waals surface area contributed by atoms with E-state index in [1.807, 2.05) is 30.3 Å². The van der Waals surface area contributed by atoms with Crippen LogP contribution < -0.4 is 10.0 Å². The fourth-order valence-corrected chi connectivity index (χ4v) is 4.06. The molecule has 0 heterocycles. The van der Waals surface area contributed by atoms with Crippen LogP contribution in [-0.2, 0) is 16.6 Å². The van der Waals surface area contributed by atoms with Crippen LogP contribution in [0.25, 0.3) is 0 Å². The molecule has 0 atom stereocenters. The van der Waals surface area contributed by atoms with E-state index in [1.54, 1.807) is 12.1 Å². The standard InChI is InChI=1S/C19H22N2O3S/c22-19(21-17-10-4-5-11-17)16-9-6-12-18(13-16)25(23,24)20-14-15-7-2-1-3-8-15/h1-3,6-9,12-13,17,20H,4-5,10-11,14H2,(H,21,22). The van der Waals surface area contributed by atoms with Crippen molar-refractivity contribution in [2.24, 2.45) is 0 Å². The molecule has 0 unspecified atom stereocenters. The summed E-state index contributed by atoms with van der Waals surface area (Å²) in [5.74, 6) is -0.216. The molecule has 0 radical (unpaired) electrons. The van der Waals surface area contributed by atoms with E-state index in [9.17, 15) is 13.2 Å². The Bertz CT molecular complexity index is 829. The minimum atomic E-state index is -3.67. The first-order valence-corrected chi connectivity index (χ1v) is 9.97. The maximum Gasteiger partial charge on any atom is 0.251 e. The molecule has 1 fully saturated rings. The molecule has 0 spiro atoms. The van der Waals surface area contributed by atoms with Gasteiger partial charge in [0.1, 0.15) is 0 Å². The van der Waals surface area contributed by atoms with Crippen LogP contribution in [0.4, 0.5) is 0 Å². The second-order valence-electron chi connectivity index (χ2n) is 6.29. The second kappa shape index (κ2) is 7.80. The lowest BCUT2D eigenvalue weighted by atomic mass is 10.2. The number of benzene rings is 2. The van der Waals surface area contributed by atoms with Crippen LogP contribution in [0.5, 0.6) is 0 Å². The molecule has 6 heteroatoms. The Hall–Kier alpha value is -2.18. The summed E-state index contributed by atoms with van der Waals surface area (Å²) in [4.78, 5) is 12.4. The van der Waals surface area contributed by atoms with Crippen molar-refractivity contribution in [2.75, 3.05) is 0 Å². The van der Waals surface area contributed by atoms with Crippen molar-refractivity contribution < 1.29 is 13.2 Å². The molecule has 3 rings (SSSR count). The summed E-state index contributed by atoms with van der Waals surface area (Å²) in [7, 11) is -3.67. The molecule has 25 heavy (non-hydrogen) atoms. The van der Waals surface area contributed by atoms with Gasteiger partial charge in [-0.15, -0.1) is 0 Å². The molecule has 2 aromatic rings. The molecule has 0 saturated heterocycles. The predicted octanol–water partition coefficient (Wildman–Crippen LogP) is 2.84. The Morgan fingerprint density at radius 3 is 2.44 bits per heavy atom. The highest BCUT2D eigenvalue weighted by Crippen LogP contribution is 2.19. The Kier molecular flexibility index (Phi) is 5.50. The Balaban J connectivity index is 1.69. The summed E-state index contributed by atoms with van der Waals surface area (Å²) in [6.45, 7) is 0.210. The van der Waals surface area contributed by atoms with Gasteiger partial charge in [0, 0.05) is 18.2 Å². The van der Waals surface area contributed by atoms with Crippen molar-refractivity contribution in [3.63, 3.8) is 0 Å². The zero-order chi connectivity index (χ0) is 17.7. The topological polar surface area (TPSA) is 75.3 Å². The van der Waals surface area contributed by atoms with E-state index < -0.39 is 10.0 Å². The van der Waals surface area contributed by atoms with Gasteiger partial charge in [0.15, 0.2) is 0 Å². The fraction of sp³-hybridized carbons (Fsp3) is 0.316. The van der Waals surface area contributed by atoms with Crippen LogP contribution in [0, 0.1) is 0 Å². The van der Waals surface area contributed by atoms with Crippen LogP contribution in [-0.4, -0.2) is 20.4 Å². The summed E-state index contributed by atoms with van der Waals surface area (Å²) in [6.07, 6.45) is 4.23. The van der Waals surface area contributed by atoms with Crippen molar-refractivity contribution in [3.05, 3.63) is 65.7 Å². The van der Waals surface area contributed by atoms with E-state index in [4.69, 9.17) is 0 Å². The lowest BCUT2D eigenvalue weighted by Crippen LogP contribution is -2.32. The minimum absolute atomic E-state index is 0.0995. The highest BCUT2D eigenvalue weighted by atomic mass is 32.2. The summed E-state index contributed by atoms with van der Waals surface area (Å²) >= 11 is 0. The van der Waals surface area contributed by atoms with Crippen LogP contribution in [0.15, 0.2) is 59.5 Å². The molecule has 2 N–H and O–H groups in total. The molecular weight excluding hydrogens is 336 g/mol. The highest BCUT2D eigenvalue weighted by Gasteiger charge is 2.20. The third kappa shape index (κ3) is 4.67. The lowest BCUT2D eigenvalue weighted by molar-refractivity contribution is 0.0937. The summed E-state index contributed by atoms with van der Waals surface area (Å²) in [5, 5.41) is 2.98.